The molecule has 1 aliphatic rings. The van der Waals surface area contributed by atoms with E-state index in [1.165, 1.54) is 25.9 Å². The van der Waals surface area contributed by atoms with Gasteiger partial charge in [0.05, 0.1) is 0 Å². The maximum absolute atomic E-state index is 3.51. The summed E-state index contributed by atoms with van der Waals surface area (Å²) in [6.45, 7) is 11.9. The third-order valence-corrected chi connectivity index (χ3v) is 3.74. The summed E-state index contributed by atoms with van der Waals surface area (Å²) >= 11 is 0. The molecule has 0 aromatic carbocycles. The van der Waals surface area contributed by atoms with E-state index in [4.69, 9.17) is 0 Å². The normalized spacial score (nSPS) is 37.2. The number of hydrogen-bond donors (Lipinski definition) is 1. The predicted octanol–water partition coefficient (Wildman–Crippen LogP) is 2.67. The maximum Gasteiger partial charge on any atom is -0.00128 e. The van der Waals surface area contributed by atoms with Gasteiger partial charge in [-0.2, -0.15) is 0 Å². The summed E-state index contributed by atoms with van der Waals surface area (Å²) < 4.78 is 0. The van der Waals surface area contributed by atoms with Crippen molar-refractivity contribution in [1.29, 1.82) is 0 Å². The van der Waals surface area contributed by atoms with Gasteiger partial charge >= 0.3 is 0 Å². The Hall–Kier alpha value is -0.0400. The van der Waals surface area contributed by atoms with Gasteiger partial charge < -0.3 is 5.32 Å². The van der Waals surface area contributed by atoms with Gasteiger partial charge in [0, 0.05) is 0 Å². The summed E-state index contributed by atoms with van der Waals surface area (Å²) in [5.74, 6) is 1.69. The van der Waals surface area contributed by atoms with E-state index in [2.05, 4.69) is 33.0 Å². The molecule has 1 fully saturated rings. The Labute approximate surface area is 76.9 Å². The Kier molecular flexibility index (Phi) is 3.16. The molecule has 0 aromatic heterocycles. The zero-order valence-electron chi connectivity index (χ0n) is 8.98. The van der Waals surface area contributed by atoms with Crippen LogP contribution >= 0.6 is 0 Å². The van der Waals surface area contributed by atoms with Crippen molar-refractivity contribution in [2.24, 2.45) is 17.3 Å². The van der Waals surface area contributed by atoms with E-state index < -0.39 is 0 Å². The Morgan fingerprint density at radius 1 is 1.50 bits per heavy atom. The van der Waals surface area contributed by atoms with E-state index in [0.717, 1.165) is 11.8 Å². The Morgan fingerprint density at radius 3 is 2.58 bits per heavy atom. The van der Waals surface area contributed by atoms with Crippen molar-refractivity contribution in [3.63, 3.8) is 0 Å². The molecule has 1 aliphatic heterocycles. The highest BCUT2D eigenvalue weighted by Gasteiger charge is 2.36. The van der Waals surface area contributed by atoms with Crippen molar-refractivity contribution in [1.82, 2.24) is 5.32 Å². The number of rotatable bonds is 2. The van der Waals surface area contributed by atoms with Crippen LogP contribution in [0.15, 0.2) is 0 Å². The van der Waals surface area contributed by atoms with Crippen molar-refractivity contribution in [3.8, 4) is 0 Å². The van der Waals surface area contributed by atoms with Gasteiger partial charge in [-0.25, -0.2) is 0 Å². The van der Waals surface area contributed by atoms with E-state index in [1.807, 2.05) is 0 Å². The fourth-order valence-corrected chi connectivity index (χ4v) is 2.54. The minimum atomic E-state index is 0.597. The molecule has 0 saturated carbocycles. The van der Waals surface area contributed by atoms with Gasteiger partial charge in [-0.1, -0.05) is 34.1 Å². The quantitative estimate of drug-likeness (QED) is 0.670. The summed E-state index contributed by atoms with van der Waals surface area (Å²) in [6.07, 6.45) is 2.68. The van der Waals surface area contributed by atoms with Gasteiger partial charge in [-0.15, -0.1) is 0 Å². The van der Waals surface area contributed by atoms with Crippen molar-refractivity contribution in [2.45, 2.75) is 40.5 Å². The third kappa shape index (κ3) is 1.82. The van der Waals surface area contributed by atoms with Crippen LogP contribution in [0.2, 0.25) is 0 Å². The minimum absolute atomic E-state index is 0.597. The van der Waals surface area contributed by atoms with E-state index in [9.17, 15) is 0 Å². The Morgan fingerprint density at radius 2 is 2.17 bits per heavy atom. The lowest BCUT2D eigenvalue weighted by atomic mass is 9.66. The highest BCUT2D eigenvalue weighted by molar-refractivity contribution is 4.88. The molecule has 2 unspecified atom stereocenters. The lowest BCUT2D eigenvalue weighted by Crippen LogP contribution is -2.45. The van der Waals surface area contributed by atoms with Crippen LogP contribution in [0.4, 0.5) is 0 Å². The van der Waals surface area contributed by atoms with Crippen molar-refractivity contribution < 1.29 is 0 Å². The van der Waals surface area contributed by atoms with Crippen LogP contribution in [-0.4, -0.2) is 13.1 Å². The predicted molar refractivity (Wildman–Crippen MR) is 54.2 cm³/mol. The summed E-state index contributed by atoms with van der Waals surface area (Å²) in [4.78, 5) is 0. The zero-order chi connectivity index (χ0) is 9.19. The van der Waals surface area contributed by atoms with Crippen molar-refractivity contribution in [3.05, 3.63) is 0 Å². The second-order valence-corrected chi connectivity index (χ2v) is 4.81. The van der Waals surface area contributed by atoms with Gasteiger partial charge in [-0.3, -0.25) is 0 Å². The van der Waals surface area contributed by atoms with Gasteiger partial charge in [-0.05, 0) is 36.8 Å². The van der Waals surface area contributed by atoms with Crippen LogP contribution in [0.1, 0.15) is 40.5 Å². The molecule has 0 amide bonds. The molecule has 1 saturated heterocycles. The first-order valence-electron chi connectivity index (χ1n) is 5.31. The number of hydrogen-bond acceptors (Lipinski definition) is 1. The van der Waals surface area contributed by atoms with Gasteiger partial charge in [0.25, 0.3) is 0 Å². The van der Waals surface area contributed by atoms with E-state index in [1.54, 1.807) is 0 Å². The molecule has 1 heterocycles. The lowest BCUT2D eigenvalue weighted by Gasteiger charge is -2.43. The Balaban J connectivity index is 2.66. The van der Waals surface area contributed by atoms with Crippen LogP contribution in [-0.2, 0) is 0 Å². The first-order chi connectivity index (χ1) is 5.60. The molecule has 1 nitrogen and oxygen atoms in total. The van der Waals surface area contributed by atoms with Crippen LogP contribution in [0.5, 0.6) is 0 Å². The first kappa shape index (κ1) is 10.0. The topological polar surface area (TPSA) is 12.0 Å². The van der Waals surface area contributed by atoms with Crippen LogP contribution in [0, 0.1) is 17.3 Å². The molecule has 2 atom stereocenters. The van der Waals surface area contributed by atoms with Crippen molar-refractivity contribution >= 4 is 0 Å². The second kappa shape index (κ2) is 3.78. The molecule has 1 N–H and O–H groups in total. The van der Waals surface area contributed by atoms with Crippen LogP contribution < -0.4 is 5.32 Å². The van der Waals surface area contributed by atoms with Crippen LogP contribution in [0.3, 0.4) is 0 Å². The Bertz CT molecular complexity index is 142. The molecular formula is C11H23N. The smallest absolute Gasteiger partial charge is 0.00128 e. The average molecular weight is 169 g/mol. The zero-order valence-corrected chi connectivity index (χ0v) is 8.98. The fourth-order valence-electron chi connectivity index (χ4n) is 2.54. The van der Waals surface area contributed by atoms with Gasteiger partial charge in [0.15, 0.2) is 0 Å². The maximum atomic E-state index is 3.51. The lowest BCUT2D eigenvalue weighted by molar-refractivity contribution is 0.0858. The molecule has 0 aromatic rings. The molecule has 0 bridgehead atoms. The van der Waals surface area contributed by atoms with E-state index >= 15 is 0 Å². The molecule has 12 heavy (non-hydrogen) atoms. The highest BCUT2D eigenvalue weighted by atomic mass is 14.9. The fraction of sp³-hybridized carbons (Fsp3) is 1.00. The van der Waals surface area contributed by atoms with Gasteiger partial charge in [0.2, 0.25) is 0 Å². The number of nitrogens with one attached hydrogen (secondary N) is 1. The number of piperidine rings is 1. The summed E-state index contributed by atoms with van der Waals surface area (Å²) in [5, 5.41) is 3.51. The molecule has 0 aliphatic carbocycles. The largest absolute Gasteiger partial charge is 0.316 e. The minimum Gasteiger partial charge on any atom is -0.316 e. The second-order valence-electron chi connectivity index (χ2n) is 4.81. The molecule has 0 spiro atoms. The van der Waals surface area contributed by atoms with Crippen LogP contribution in [0.25, 0.3) is 0 Å². The highest BCUT2D eigenvalue weighted by Crippen LogP contribution is 2.40. The van der Waals surface area contributed by atoms with Crippen molar-refractivity contribution in [2.75, 3.05) is 13.1 Å². The van der Waals surface area contributed by atoms with Gasteiger partial charge in [0.1, 0.15) is 0 Å². The summed E-state index contributed by atoms with van der Waals surface area (Å²) in [6, 6.07) is 0. The average Bonchev–Trinajstić information content (AvgIpc) is 2.05. The third-order valence-electron chi connectivity index (χ3n) is 3.74. The van der Waals surface area contributed by atoms with E-state index in [0.29, 0.717) is 5.41 Å². The SMILES string of the molecule is CCC1(C)CCNCC1C(C)C. The molecule has 1 rings (SSSR count). The summed E-state index contributed by atoms with van der Waals surface area (Å²) in [5.41, 5.74) is 0.597. The van der Waals surface area contributed by atoms with E-state index in [-0.39, 0.29) is 0 Å². The molecule has 72 valence electrons. The first-order valence-corrected chi connectivity index (χ1v) is 5.31. The molecule has 0 radical (unpaired) electrons. The summed E-state index contributed by atoms with van der Waals surface area (Å²) in [7, 11) is 0. The standard InChI is InChI=1S/C11H23N/c1-5-11(4)6-7-12-8-10(11)9(2)3/h9-10,12H,5-8H2,1-4H3. The molecule has 1 heteroatoms. The monoisotopic (exact) mass is 169 g/mol. The molecular weight excluding hydrogens is 146 g/mol.